The summed E-state index contributed by atoms with van der Waals surface area (Å²) in [5, 5.41) is 8.57. The maximum absolute atomic E-state index is 11.8. The van der Waals surface area contributed by atoms with Crippen LogP contribution in [0.2, 0.25) is 0 Å². The average molecular weight is 268 g/mol. The van der Waals surface area contributed by atoms with E-state index in [0.717, 1.165) is 6.07 Å². The van der Waals surface area contributed by atoms with Crippen LogP contribution in [0.5, 0.6) is 5.75 Å². The molecule has 0 bridgehead atoms. The fourth-order valence-electron chi connectivity index (χ4n) is 0.767. The Morgan fingerprint density at radius 1 is 1.64 bits per heavy atom. The Kier molecular flexibility index (Phi) is 3.34. The molecule has 0 radical (unpaired) electrons. The van der Waals surface area contributed by atoms with Gasteiger partial charge in [0.25, 0.3) is 0 Å². The zero-order chi connectivity index (χ0) is 10.7. The van der Waals surface area contributed by atoms with Crippen LogP contribution in [0.1, 0.15) is 10.5 Å². The molecule has 0 aliphatic carbocycles. The second-order valence-corrected chi connectivity index (χ2v) is 3.10. The largest absolute Gasteiger partial charge is 0.476 e. The normalized spacial score (nSPS) is 10.3. The maximum Gasteiger partial charge on any atom is 0.387 e. The van der Waals surface area contributed by atoms with Crippen molar-refractivity contribution in [1.82, 2.24) is 4.98 Å². The summed E-state index contributed by atoms with van der Waals surface area (Å²) >= 11 is 2.96. The molecule has 0 aromatic carbocycles. The zero-order valence-electron chi connectivity index (χ0n) is 6.58. The number of rotatable bonds is 3. The van der Waals surface area contributed by atoms with E-state index in [1.54, 1.807) is 0 Å². The van der Waals surface area contributed by atoms with Crippen LogP contribution in [-0.4, -0.2) is 22.7 Å². The van der Waals surface area contributed by atoms with Crippen LogP contribution in [0.15, 0.2) is 16.7 Å². The van der Waals surface area contributed by atoms with E-state index in [4.69, 9.17) is 5.11 Å². The van der Waals surface area contributed by atoms with Gasteiger partial charge in [-0.25, -0.2) is 9.78 Å². The van der Waals surface area contributed by atoms with Gasteiger partial charge in [0.2, 0.25) is 0 Å². The number of carbonyl (C=O) groups is 1. The molecule has 0 aliphatic rings. The second kappa shape index (κ2) is 4.32. The molecule has 4 nitrogen and oxygen atoms in total. The molecule has 0 fully saturated rings. The number of ether oxygens (including phenoxy) is 1. The lowest BCUT2D eigenvalue weighted by atomic mass is 10.3. The van der Waals surface area contributed by atoms with Gasteiger partial charge in [0.05, 0.1) is 0 Å². The maximum atomic E-state index is 11.8. The topological polar surface area (TPSA) is 59.4 Å². The predicted octanol–water partition coefficient (Wildman–Crippen LogP) is 2.14. The van der Waals surface area contributed by atoms with E-state index in [-0.39, 0.29) is 0 Å². The number of nitrogens with zero attached hydrogens (tertiary/aromatic N) is 1. The van der Waals surface area contributed by atoms with Crippen LogP contribution in [-0.2, 0) is 0 Å². The smallest absolute Gasteiger partial charge is 0.387 e. The van der Waals surface area contributed by atoms with Crippen molar-refractivity contribution in [3.8, 4) is 5.75 Å². The van der Waals surface area contributed by atoms with Crippen molar-refractivity contribution in [2.24, 2.45) is 0 Å². The molecule has 1 aromatic heterocycles. The van der Waals surface area contributed by atoms with Crippen LogP contribution < -0.4 is 4.74 Å². The molecule has 0 amide bonds. The number of hydrogen-bond acceptors (Lipinski definition) is 3. The molecule has 0 aliphatic heterocycles. The summed E-state index contributed by atoms with van der Waals surface area (Å²) in [6.07, 6.45) is 1.18. The van der Waals surface area contributed by atoms with Crippen molar-refractivity contribution in [2.75, 3.05) is 0 Å². The molecule has 14 heavy (non-hydrogen) atoms. The van der Waals surface area contributed by atoms with E-state index in [2.05, 4.69) is 25.7 Å². The summed E-state index contributed by atoms with van der Waals surface area (Å²) in [6.45, 7) is -3.08. The third-order valence-electron chi connectivity index (χ3n) is 1.24. The standard InChI is InChI=1S/C7H4BrF2NO3/c8-3-1-4(14-7(9)10)5(6(12)13)11-2-3/h1-2,7H,(H,12,13). The highest BCUT2D eigenvalue weighted by Crippen LogP contribution is 2.22. The lowest BCUT2D eigenvalue weighted by Crippen LogP contribution is -2.09. The van der Waals surface area contributed by atoms with Gasteiger partial charge in [0.1, 0.15) is 0 Å². The Balaban J connectivity index is 3.09. The van der Waals surface area contributed by atoms with E-state index >= 15 is 0 Å². The van der Waals surface area contributed by atoms with Crippen LogP contribution >= 0.6 is 15.9 Å². The van der Waals surface area contributed by atoms with Gasteiger partial charge >= 0.3 is 12.6 Å². The van der Waals surface area contributed by atoms with E-state index in [0.29, 0.717) is 4.47 Å². The lowest BCUT2D eigenvalue weighted by Gasteiger charge is -2.06. The van der Waals surface area contributed by atoms with Crippen LogP contribution in [0.25, 0.3) is 0 Å². The van der Waals surface area contributed by atoms with Crippen LogP contribution in [0.4, 0.5) is 8.78 Å². The van der Waals surface area contributed by atoms with Crippen molar-refractivity contribution in [1.29, 1.82) is 0 Å². The molecule has 76 valence electrons. The van der Waals surface area contributed by atoms with Gasteiger partial charge in [-0.2, -0.15) is 8.78 Å². The van der Waals surface area contributed by atoms with Crippen molar-refractivity contribution < 1.29 is 23.4 Å². The summed E-state index contributed by atoms with van der Waals surface area (Å²) in [6, 6.07) is 1.11. The Bertz CT molecular complexity index is 359. The Morgan fingerprint density at radius 3 is 2.79 bits per heavy atom. The van der Waals surface area contributed by atoms with Crippen LogP contribution in [0.3, 0.4) is 0 Å². The molecule has 0 saturated heterocycles. The second-order valence-electron chi connectivity index (χ2n) is 2.18. The average Bonchev–Trinajstić information content (AvgIpc) is 2.01. The summed E-state index contributed by atoms with van der Waals surface area (Å²) in [5.74, 6) is -1.89. The number of halogens is 3. The fourth-order valence-corrected chi connectivity index (χ4v) is 1.08. The van der Waals surface area contributed by atoms with Gasteiger partial charge in [0, 0.05) is 10.7 Å². The van der Waals surface area contributed by atoms with E-state index in [1.807, 2.05) is 0 Å². The third-order valence-corrected chi connectivity index (χ3v) is 1.67. The molecule has 0 unspecified atom stereocenters. The van der Waals surface area contributed by atoms with Crippen LogP contribution in [0, 0.1) is 0 Å². The Morgan fingerprint density at radius 2 is 2.29 bits per heavy atom. The lowest BCUT2D eigenvalue weighted by molar-refractivity contribution is -0.0506. The van der Waals surface area contributed by atoms with Gasteiger partial charge in [-0.1, -0.05) is 0 Å². The van der Waals surface area contributed by atoms with E-state index in [9.17, 15) is 13.6 Å². The van der Waals surface area contributed by atoms with E-state index < -0.39 is 24.0 Å². The van der Waals surface area contributed by atoms with Crippen molar-refractivity contribution in [3.05, 3.63) is 22.4 Å². The van der Waals surface area contributed by atoms with Gasteiger partial charge in [0.15, 0.2) is 11.4 Å². The minimum atomic E-state index is -3.08. The molecular weight excluding hydrogens is 264 g/mol. The predicted molar refractivity (Wildman–Crippen MR) is 45.5 cm³/mol. The Labute approximate surface area is 85.6 Å². The number of aromatic carboxylic acids is 1. The van der Waals surface area contributed by atoms with Crippen molar-refractivity contribution >= 4 is 21.9 Å². The summed E-state index contributed by atoms with van der Waals surface area (Å²) in [5.41, 5.74) is -0.548. The number of pyridine rings is 1. The Hall–Kier alpha value is -1.24. The molecular formula is C7H4BrF2NO3. The van der Waals surface area contributed by atoms with Gasteiger partial charge in [-0.05, 0) is 22.0 Å². The van der Waals surface area contributed by atoms with Crippen molar-refractivity contribution in [2.45, 2.75) is 6.61 Å². The minimum Gasteiger partial charge on any atom is -0.476 e. The zero-order valence-corrected chi connectivity index (χ0v) is 8.16. The van der Waals surface area contributed by atoms with Gasteiger partial charge in [-0.15, -0.1) is 0 Å². The highest BCUT2D eigenvalue weighted by molar-refractivity contribution is 9.10. The third kappa shape index (κ3) is 2.63. The molecule has 0 atom stereocenters. The first-order valence-corrected chi connectivity index (χ1v) is 4.13. The molecule has 1 N–H and O–H groups in total. The quantitative estimate of drug-likeness (QED) is 0.912. The van der Waals surface area contributed by atoms with Gasteiger partial charge in [-0.3, -0.25) is 0 Å². The highest BCUT2D eigenvalue weighted by Gasteiger charge is 2.16. The first-order valence-electron chi connectivity index (χ1n) is 3.34. The monoisotopic (exact) mass is 267 g/mol. The number of carboxylic acid groups (broad SMARTS) is 1. The molecule has 1 heterocycles. The highest BCUT2D eigenvalue weighted by atomic mass is 79.9. The number of alkyl halides is 2. The number of aromatic nitrogens is 1. The van der Waals surface area contributed by atoms with E-state index in [1.165, 1.54) is 6.20 Å². The number of hydrogen-bond donors (Lipinski definition) is 1. The summed E-state index contributed by atoms with van der Waals surface area (Å²) in [4.78, 5) is 13.9. The molecule has 1 rings (SSSR count). The summed E-state index contributed by atoms with van der Waals surface area (Å²) in [7, 11) is 0. The SMILES string of the molecule is O=C(O)c1ncc(Br)cc1OC(F)F. The summed E-state index contributed by atoms with van der Waals surface area (Å²) < 4.78 is 28.0. The van der Waals surface area contributed by atoms with Gasteiger partial charge < -0.3 is 9.84 Å². The molecule has 0 spiro atoms. The first kappa shape index (κ1) is 10.8. The number of carboxylic acids is 1. The molecule has 0 saturated carbocycles. The fraction of sp³-hybridized carbons (Fsp3) is 0.143. The van der Waals surface area contributed by atoms with Crippen molar-refractivity contribution in [3.63, 3.8) is 0 Å². The minimum absolute atomic E-state index is 0.359. The molecule has 1 aromatic rings. The first-order chi connectivity index (χ1) is 6.50. The molecule has 7 heteroatoms.